The Bertz CT molecular complexity index is 589. The van der Waals surface area contributed by atoms with E-state index < -0.39 is 0 Å². The molecule has 0 aliphatic carbocycles. The van der Waals surface area contributed by atoms with Crippen LogP contribution in [0.5, 0.6) is 0 Å². The van der Waals surface area contributed by atoms with E-state index in [0.717, 1.165) is 26.8 Å². The lowest BCUT2D eigenvalue weighted by Crippen LogP contribution is -2.17. The van der Waals surface area contributed by atoms with Gasteiger partial charge in [0.25, 0.3) is 0 Å². The van der Waals surface area contributed by atoms with E-state index >= 15 is 0 Å². The van der Waals surface area contributed by atoms with Crippen molar-refractivity contribution in [1.29, 1.82) is 0 Å². The summed E-state index contributed by atoms with van der Waals surface area (Å²) >= 11 is 5.21. The SMILES string of the molecule is CCNC(C)c1ccc(Sc2nccc(C)n2)c(Br)c1. The number of aromatic nitrogens is 2. The summed E-state index contributed by atoms with van der Waals surface area (Å²) in [7, 11) is 0. The van der Waals surface area contributed by atoms with Gasteiger partial charge >= 0.3 is 0 Å². The lowest BCUT2D eigenvalue weighted by Gasteiger charge is -2.14. The average Bonchev–Trinajstić information content (AvgIpc) is 2.41. The monoisotopic (exact) mass is 351 g/mol. The highest BCUT2D eigenvalue weighted by molar-refractivity contribution is 9.10. The number of nitrogens with zero attached hydrogens (tertiary/aromatic N) is 2. The highest BCUT2D eigenvalue weighted by Gasteiger charge is 2.09. The molecule has 0 saturated heterocycles. The normalized spacial score (nSPS) is 12.4. The zero-order valence-electron chi connectivity index (χ0n) is 11.9. The van der Waals surface area contributed by atoms with Crippen LogP contribution >= 0.6 is 27.7 Å². The second-order valence-electron chi connectivity index (χ2n) is 4.55. The summed E-state index contributed by atoms with van der Waals surface area (Å²) in [6, 6.07) is 8.68. The molecule has 1 atom stereocenters. The van der Waals surface area contributed by atoms with Crippen molar-refractivity contribution < 1.29 is 0 Å². The van der Waals surface area contributed by atoms with Gasteiger partial charge in [-0.2, -0.15) is 0 Å². The van der Waals surface area contributed by atoms with E-state index in [1.807, 2.05) is 13.0 Å². The van der Waals surface area contributed by atoms with Gasteiger partial charge < -0.3 is 5.32 Å². The number of rotatable bonds is 5. The van der Waals surface area contributed by atoms with Crippen molar-refractivity contribution in [3.8, 4) is 0 Å². The third-order valence-corrected chi connectivity index (χ3v) is 4.81. The molecule has 1 unspecified atom stereocenters. The quantitative estimate of drug-likeness (QED) is 0.811. The van der Waals surface area contributed by atoms with Gasteiger partial charge in [-0.05, 0) is 71.8 Å². The van der Waals surface area contributed by atoms with Crippen LogP contribution in [0.25, 0.3) is 0 Å². The molecule has 1 heterocycles. The molecule has 20 heavy (non-hydrogen) atoms. The molecule has 106 valence electrons. The Kier molecular flexibility index (Phi) is 5.57. The number of benzene rings is 1. The molecule has 0 aliphatic rings. The average molecular weight is 352 g/mol. The molecule has 5 heteroatoms. The van der Waals surface area contributed by atoms with Crippen LogP contribution < -0.4 is 5.32 Å². The van der Waals surface area contributed by atoms with Gasteiger partial charge in [-0.3, -0.25) is 0 Å². The molecule has 0 spiro atoms. The van der Waals surface area contributed by atoms with Gasteiger partial charge in [-0.25, -0.2) is 9.97 Å². The molecule has 1 N–H and O–H groups in total. The van der Waals surface area contributed by atoms with Crippen LogP contribution in [-0.2, 0) is 0 Å². The highest BCUT2D eigenvalue weighted by atomic mass is 79.9. The minimum atomic E-state index is 0.352. The predicted octanol–water partition coefficient (Wildman–Crippen LogP) is 4.37. The van der Waals surface area contributed by atoms with Crippen LogP contribution in [0, 0.1) is 6.92 Å². The summed E-state index contributed by atoms with van der Waals surface area (Å²) in [4.78, 5) is 9.82. The van der Waals surface area contributed by atoms with E-state index in [2.05, 4.69) is 63.3 Å². The summed E-state index contributed by atoms with van der Waals surface area (Å²) < 4.78 is 1.08. The Hall–Kier alpha value is -0.910. The van der Waals surface area contributed by atoms with Crippen LogP contribution in [0.4, 0.5) is 0 Å². The Morgan fingerprint density at radius 1 is 1.35 bits per heavy atom. The third kappa shape index (κ3) is 4.04. The molecule has 0 fully saturated rings. The zero-order valence-corrected chi connectivity index (χ0v) is 14.3. The van der Waals surface area contributed by atoms with Crippen LogP contribution in [0.15, 0.2) is 45.0 Å². The molecular weight excluding hydrogens is 334 g/mol. The van der Waals surface area contributed by atoms with E-state index in [-0.39, 0.29) is 0 Å². The number of hydrogen-bond acceptors (Lipinski definition) is 4. The van der Waals surface area contributed by atoms with E-state index in [0.29, 0.717) is 6.04 Å². The minimum Gasteiger partial charge on any atom is -0.310 e. The van der Waals surface area contributed by atoms with Crippen LogP contribution in [-0.4, -0.2) is 16.5 Å². The number of halogens is 1. The first kappa shape index (κ1) is 15.5. The lowest BCUT2D eigenvalue weighted by molar-refractivity contribution is 0.597. The maximum absolute atomic E-state index is 4.42. The number of nitrogens with one attached hydrogen (secondary N) is 1. The van der Waals surface area contributed by atoms with Crippen LogP contribution in [0.1, 0.15) is 31.1 Å². The standard InChI is InChI=1S/C15H18BrN3S/c1-4-17-11(3)12-5-6-14(13(16)9-12)20-15-18-8-7-10(2)19-15/h5-9,11,17H,4H2,1-3H3. The highest BCUT2D eigenvalue weighted by Crippen LogP contribution is 2.33. The number of aryl methyl sites for hydroxylation is 1. The second-order valence-corrected chi connectivity index (χ2v) is 6.42. The molecule has 1 aromatic carbocycles. The summed E-state index contributed by atoms with van der Waals surface area (Å²) in [5.41, 5.74) is 2.25. The molecule has 1 aromatic heterocycles. The molecule has 0 radical (unpaired) electrons. The third-order valence-electron chi connectivity index (χ3n) is 2.94. The fourth-order valence-electron chi connectivity index (χ4n) is 1.87. The van der Waals surface area contributed by atoms with Gasteiger partial charge in [0.2, 0.25) is 0 Å². The molecule has 0 saturated carbocycles. The molecule has 0 bridgehead atoms. The molecule has 0 amide bonds. The molecule has 2 aromatic rings. The fraction of sp³-hybridized carbons (Fsp3) is 0.333. The van der Waals surface area contributed by atoms with Gasteiger partial charge in [-0.15, -0.1) is 0 Å². The molecule has 2 rings (SSSR count). The van der Waals surface area contributed by atoms with Crippen molar-refractivity contribution in [2.75, 3.05) is 6.54 Å². The first-order valence-corrected chi connectivity index (χ1v) is 8.21. The molecule has 3 nitrogen and oxygen atoms in total. The fourth-order valence-corrected chi connectivity index (χ4v) is 3.30. The van der Waals surface area contributed by atoms with Crippen LogP contribution in [0.3, 0.4) is 0 Å². The summed E-state index contributed by atoms with van der Waals surface area (Å²) in [5.74, 6) is 0. The first-order valence-electron chi connectivity index (χ1n) is 6.60. The first-order chi connectivity index (χ1) is 9.60. The van der Waals surface area contributed by atoms with Crippen molar-refractivity contribution in [3.63, 3.8) is 0 Å². The van der Waals surface area contributed by atoms with E-state index in [1.165, 1.54) is 5.56 Å². The lowest BCUT2D eigenvalue weighted by atomic mass is 10.1. The smallest absolute Gasteiger partial charge is 0.192 e. The van der Waals surface area contributed by atoms with Crippen molar-refractivity contribution >= 4 is 27.7 Å². The van der Waals surface area contributed by atoms with Gasteiger partial charge in [0, 0.05) is 27.3 Å². The summed E-state index contributed by atoms with van der Waals surface area (Å²) in [6.45, 7) is 7.22. The maximum Gasteiger partial charge on any atom is 0.192 e. The van der Waals surface area contributed by atoms with Gasteiger partial charge in [0.05, 0.1) is 0 Å². The Morgan fingerprint density at radius 2 is 2.15 bits per heavy atom. The maximum atomic E-state index is 4.42. The number of hydrogen-bond donors (Lipinski definition) is 1. The van der Waals surface area contributed by atoms with Crippen molar-refractivity contribution in [3.05, 3.63) is 46.2 Å². The van der Waals surface area contributed by atoms with E-state index in [1.54, 1.807) is 18.0 Å². The van der Waals surface area contributed by atoms with Gasteiger partial charge in [0.1, 0.15) is 0 Å². The molecular formula is C15H18BrN3S. The van der Waals surface area contributed by atoms with Crippen molar-refractivity contribution in [2.24, 2.45) is 0 Å². The van der Waals surface area contributed by atoms with Crippen molar-refractivity contribution in [2.45, 2.75) is 36.9 Å². The summed E-state index contributed by atoms with van der Waals surface area (Å²) in [5, 5.41) is 4.19. The molecule has 0 aliphatic heterocycles. The second kappa shape index (κ2) is 7.20. The Balaban J connectivity index is 2.17. The Morgan fingerprint density at radius 3 is 2.80 bits per heavy atom. The predicted molar refractivity (Wildman–Crippen MR) is 87.1 cm³/mol. The van der Waals surface area contributed by atoms with E-state index in [4.69, 9.17) is 0 Å². The summed E-state index contributed by atoms with van der Waals surface area (Å²) in [6.07, 6.45) is 1.79. The Labute approximate surface area is 132 Å². The van der Waals surface area contributed by atoms with Gasteiger partial charge in [0.15, 0.2) is 5.16 Å². The van der Waals surface area contributed by atoms with Crippen LogP contribution in [0.2, 0.25) is 0 Å². The zero-order chi connectivity index (χ0) is 14.5. The minimum absolute atomic E-state index is 0.352. The van der Waals surface area contributed by atoms with Gasteiger partial charge in [-0.1, -0.05) is 13.0 Å². The van der Waals surface area contributed by atoms with Crippen molar-refractivity contribution in [1.82, 2.24) is 15.3 Å². The largest absolute Gasteiger partial charge is 0.310 e. The topological polar surface area (TPSA) is 37.8 Å². The van der Waals surface area contributed by atoms with E-state index in [9.17, 15) is 0 Å².